The van der Waals surface area contributed by atoms with E-state index in [-0.39, 0.29) is 0 Å². The summed E-state index contributed by atoms with van der Waals surface area (Å²) in [5.41, 5.74) is 0. The lowest BCUT2D eigenvalue weighted by Crippen LogP contribution is -2.84. The molecule has 4 nitrogen and oxygen atoms in total. The van der Waals surface area contributed by atoms with E-state index in [0.717, 1.165) is 0 Å². The summed E-state index contributed by atoms with van der Waals surface area (Å²) in [6, 6.07) is 0. The summed E-state index contributed by atoms with van der Waals surface area (Å²) >= 11 is 0. The van der Waals surface area contributed by atoms with Crippen LogP contribution >= 0.6 is 0 Å². The number of hydrogen-bond donors (Lipinski definition) is 0. The summed E-state index contributed by atoms with van der Waals surface area (Å²) in [5.74, 6) is -47.8. The van der Waals surface area contributed by atoms with E-state index in [4.69, 9.17) is 0 Å². The van der Waals surface area contributed by atoms with Crippen LogP contribution < -0.4 is 0 Å². The predicted octanol–water partition coefficient (Wildman–Crippen LogP) is 2.95. The van der Waals surface area contributed by atoms with Gasteiger partial charge in [-0.25, -0.2) is 4.79 Å². The molecule has 0 aromatic heterocycles. The summed E-state index contributed by atoms with van der Waals surface area (Å²) in [6.45, 7) is -1.37. The molecule has 0 aliphatic heterocycles. The molecule has 1 aliphatic carbocycles. The average Bonchev–Trinajstić information content (AvgIpc) is 2.42. The first-order valence-corrected chi connectivity index (χ1v) is 5.74. The number of carbonyl (C=O) groups excluding carboxylic acids is 2. The molecular formula is C10H5F11O4. The van der Waals surface area contributed by atoms with E-state index < -0.39 is 54.0 Å². The third-order valence-corrected chi connectivity index (χ3v) is 3.03. The number of carbonyl (C=O) groups is 2. The standard InChI is InChI=1S/C10H5F11O4/c1-3(22)24-2-4(23)25-10(21)8(17,18)6(13,14)5(11,12)7(15,16)9(10,19)20/h2H2,1H3. The summed E-state index contributed by atoms with van der Waals surface area (Å²) in [6.07, 6.45) is 0. The van der Waals surface area contributed by atoms with Crippen molar-refractivity contribution in [3.63, 3.8) is 0 Å². The fraction of sp³-hybridized carbons (Fsp3) is 0.800. The van der Waals surface area contributed by atoms with E-state index in [2.05, 4.69) is 9.47 Å². The maximum Gasteiger partial charge on any atom is 0.391 e. The Morgan fingerprint density at radius 1 is 0.680 bits per heavy atom. The van der Waals surface area contributed by atoms with Crippen molar-refractivity contribution in [1.29, 1.82) is 0 Å². The van der Waals surface area contributed by atoms with Gasteiger partial charge in [-0.3, -0.25) is 4.79 Å². The van der Waals surface area contributed by atoms with E-state index in [1.807, 2.05) is 0 Å². The Morgan fingerprint density at radius 2 is 1.00 bits per heavy atom. The lowest BCUT2D eigenvalue weighted by atomic mass is 9.78. The van der Waals surface area contributed by atoms with Gasteiger partial charge in [-0.2, -0.15) is 48.3 Å². The van der Waals surface area contributed by atoms with Gasteiger partial charge in [0.25, 0.3) is 0 Å². The number of ether oxygens (including phenoxy) is 2. The minimum absolute atomic E-state index is 0.561. The second-order valence-corrected chi connectivity index (χ2v) is 4.72. The maximum absolute atomic E-state index is 13.9. The highest BCUT2D eigenvalue weighted by Crippen LogP contribution is 2.69. The van der Waals surface area contributed by atoms with Crippen LogP contribution in [0.15, 0.2) is 0 Å². The van der Waals surface area contributed by atoms with Crippen LogP contribution in [-0.2, 0) is 19.1 Å². The van der Waals surface area contributed by atoms with Crippen molar-refractivity contribution in [1.82, 2.24) is 0 Å². The van der Waals surface area contributed by atoms with Gasteiger partial charge in [-0.05, 0) is 0 Å². The smallest absolute Gasteiger partial charge is 0.391 e. The number of rotatable bonds is 3. The predicted molar refractivity (Wildman–Crippen MR) is 51.3 cm³/mol. The molecule has 0 bridgehead atoms. The third kappa shape index (κ3) is 2.33. The molecule has 0 atom stereocenters. The lowest BCUT2D eigenvalue weighted by Gasteiger charge is -2.51. The van der Waals surface area contributed by atoms with Crippen LogP contribution in [-0.4, -0.2) is 54.0 Å². The van der Waals surface area contributed by atoms with Gasteiger partial charge in [0, 0.05) is 6.92 Å². The average molecular weight is 398 g/mol. The molecule has 25 heavy (non-hydrogen) atoms. The highest BCUT2D eigenvalue weighted by molar-refractivity contribution is 5.75. The first-order valence-electron chi connectivity index (χ1n) is 5.74. The van der Waals surface area contributed by atoms with Crippen molar-refractivity contribution in [3.8, 4) is 0 Å². The van der Waals surface area contributed by atoms with E-state index in [1.165, 1.54) is 0 Å². The van der Waals surface area contributed by atoms with Crippen LogP contribution in [0.3, 0.4) is 0 Å². The Bertz CT molecular complexity index is 555. The van der Waals surface area contributed by atoms with Gasteiger partial charge in [0.1, 0.15) is 0 Å². The van der Waals surface area contributed by atoms with Crippen molar-refractivity contribution in [2.24, 2.45) is 0 Å². The number of alkyl halides is 11. The minimum Gasteiger partial charge on any atom is -0.454 e. The second kappa shape index (κ2) is 5.33. The molecule has 0 amide bonds. The Labute approximate surface area is 129 Å². The van der Waals surface area contributed by atoms with E-state index >= 15 is 0 Å². The molecular weight excluding hydrogens is 393 g/mol. The Morgan fingerprint density at radius 3 is 1.32 bits per heavy atom. The van der Waals surface area contributed by atoms with E-state index in [9.17, 15) is 57.9 Å². The molecule has 1 saturated carbocycles. The van der Waals surface area contributed by atoms with Crippen LogP contribution in [0, 0.1) is 0 Å². The van der Waals surface area contributed by atoms with Gasteiger partial charge in [0.15, 0.2) is 6.61 Å². The molecule has 0 heterocycles. The molecule has 0 aromatic carbocycles. The molecule has 0 N–H and O–H groups in total. The first kappa shape index (κ1) is 21.2. The van der Waals surface area contributed by atoms with Gasteiger partial charge in [0.2, 0.25) is 0 Å². The molecule has 1 rings (SSSR count). The molecule has 15 heteroatoms. The zero-order valence-electron chi connectivity index (χ0n) is 11.5. The molecule has 0 saturated heterocycles. The van der Waals surface area contributed by atoms with Crippen molar-refractivity contribution in [2.45, 2.75) is 42.4 Å². The largest absolute Gasteiger partial charge is 0.454 e. The van der Waals surface area contributed by atoms with E-state index in [1.54, 1.807) is 0 Å². The zero-order chi connectivity index (χ0) is 20.3. The lowest BCUT2D eigenvalue weighted by molar-refractivity contribution is -0.518. The van der Waals surface area contributed by atoms with Gasteiger partial charge in [-0.15, -0.1) is 0 Å². The minimum atomic E-state index is -7.41. The van der Waals surface area contributed by atoms with Crippen LogP contribution in [0.5, 0.6) is 0 Å². The highest BCUT2D eigenvalue weighted by Gasteiger charge is 3.03. The fourth-order valence-corrected chi connectivity index (χ4v) is 1.67. The maximum atomic E-state index is 13.9. The van der Waals surface area contributed by atoms with Crippen molar-refractivity contribution < 1.29 is 67.4 Å². The molecule has 146 valence electrons. The number of hydrogen-bond acceptors (Lipinski definition) is 4. The third-order valence-electron chi connectivity index (χ3n) is 3.03. The summed E-state index contributed by atoms with van der Waals surface area (Å²) < 4.78 is 151. The Balaban J connectivity index is 3.50. The van der Waals surface area contributed by atoms with Gasteiger partial charge >= 0.3 is 47.4 Å². The molecule has 0 aromatic rings. The normalized spacial score (nSPS) is 27.2. The molecule has 1 fully saturated rings. The van der Waals surface area contributed by atoms with Crippen molar-refractivity contribution in [2.75, 3.05) is 6.61 Å². The number of halogens is 11. The summed E-state index contributed by atoms with van der Waals surface area (Å²) in [4.78, 5) is 21.2. The summed E-state index contributed by atoms with van der Waals surface area (Å²) in [7, 11) is 0. The topological polar surface area (TPSA) is 52.6 Å². The molecule has 0 spiro atoms. The second-order valence-electron chi connectivity index (χ2n) is 4.72. The monoisotopic (exact) mass is 398 g/mol. The Kier molecular flexibility index (Phi) is 4.52. The quantitative estimate of drug-likeness (QED) is 0.542. The summed E-state index contributed by atoms with van der Waals surface area (Å²) in [5, 5.41) is 0. The van der Waals surface area contributed by atoms with Gasteiger partial charge < -0.3 is 9.47 Å². The van der Waals surface area contributed by atoms with Gasteiger partial charge in [0.05, 0.1) is 0 Å². The van der Waals surface area contributed by atoms with Crippen molar-refractivity contribution in [3.05, 3.63) is 0 Å². The molecule has 0 radical (unpaired) electrons. The highest BCUT2D eigenvalue weighted by atomic mass is 19.4. The number of esters is 2. The zero-order valence-corrected chi connectivity index (χ0v) is 11.5. The molecule has 1 aliphatic rings. The molecule has 0 unspecified atom stereocenters. The van der Waals surface area contributed by atoms with Crippen molar-refractivity contribution >= 4 is 11.9 Å². The van der Waals surface area contributed by atoms with Crippen LogP contribution in [0.2, 0.25) is 0 Å². The first-order chi connectivity index (χ1) is 10.8. The van der Waals surface area contributed by atoms with Crippen LogP contribution in [0.1, 0.15) is 6.92 Å². The van der Waals surface area contributed by atoms with E-state index in [0.29, 0.717) is 6.92 Å². The van der Waals surface area contributed by atoms with Crippen LogP contribution in [0.25, 0.3) is 0 Å². The fourth-order valence-electron chi connectivity index (χ4n) is 1.67. The Hall–Kier alpha value is -1.83. The SMILES string of the molecule is CC(=O)OCC(=O)OC1(F)C(F)(F)C(F)(F)C(F)(F)C(F)(F)C1(F)F. The van der Waals surface area contributed by atoms with Gasteiger partial charge in [-0.1, -0.05) is 0 Å². The van der Waals surface area contributed by atoms with Crippen LogP contribution in [0.4, 0.5) is 48.3 Å².